The Labute approximate surface area is 77.7 Å². The molecule has 0 rings (SSSR count). The monoisotopic (exact) mass is 233 g/mol. The zero-order chi connectivity index (χ0) is 9.28. The molecule has 0 aliphatic carbocycles. The van der Waals surface area contributed by atoms with Gasteiger partial charge in [-0.25, -0.2) is 0 Å². The van der Waals surface area contributed by atoms with Gasteiger partial charge in [-0.2, -0.15) is 0 Å². The fraction of sp³-hybridized carbons (Fsp3) is 1.00. The fourth-order valence-corrected chi connectivity index (χ4v) is 3.90. The Morgan fingerprint density at radius 3 is 2.09 bits per heavy atom. The van der Waals surface area contributed by atoms with E-state index in [0.29, 0.717) is 0 Å². The van der Waals surface area contributed by atoms with E-state index in [9.17, 15) is 9.46 Å². The molecule has 7 heteroatoms. The van der Waals surface area contributed by atoms with E-state index in [2.05, 4.69) is 16.6 Å². The van der Waals surface area contributed by atoms with E-state index < -0.39 is 18.9 Å². The maximum absolute atomic E-state index is 10.5. The Kier molecular flexibility index (Phi) is 4.17. The minimum Gasteiger partial charge on any atom is -0.342 e. The van der Waals surface area contributed by atoms with Gasteiger partial charge in [0.15, 0.2) is 0 Å². The highest BCUT2D eigenvalue weighted by Gasteiger charge is 2.38. The number of rotatable bonds is 2. The molecule has 11 heavy (non-hydrogen) atoms. The summed E-state index contributed by atoms with van der Waals surface area (Å²) in [5.74, 6) is 0. The molecule has 0 spiro atoms. The second-order valence-electron chi connectivity index (χ2n) is 3.01. The molecule has 0 saturated heterocycles. The van der Waals surface area contributed by atoms with Gasteiger partial charge in [0.2, 0.25) is 6.49 Å². The fourth-order valence-electron chi connectivity index (χ4n) is 0.217. The smallest absolute Gasteiger partial charge is 0.342 e. The summed E-state index contributed by atoms with van der Waals surface area (Å²) in [7, 11) is -2.11. The summed E-state index contributed by atoms with van der Waals surface area (Å²) >= 11 is 8.28. The molecule has 0 aliphatic heterocycles. The largest absolute Gasteiger partial charge is 0.588 e. The molecule has 0 radical (unpaired) electrons. The average Bonchev–Trinajstić information content (AvgIpc) is 1.56. The molecular formula is C4H11O3P2S2+. The number of thiol groups is 1. The van der Waals surface area contributed by atoms with Crippen molar-refractivity contribution in [3.8, 4) is 0 Å². The van der Waals surface area contributed by atoms with Gasteiger partial charge in [-0.05, 0) is 16.4 Å². The van der Waals surface area contributed by atoms with Crippen molar-refractivity contribution in [3.05, 3.63) is 0 Å². The first-order valence-electron chi connectivity index (χ1n) is 2.85. The molecule has 0 aromatic carbocycles. The Hall–Kier alpha value is 1.02. The molecular weight excluding hydrogens is 222 g/mol. The van der Waals surface area contributed by atoms with Crippen LogP contribution in [0.25, 0.3) is 0 Å². The first-order chi connectivity index (χ1) is 4.67. The first kappa shape index (κ1) is 12.0. The zero-order valence-corrected chi connectivity index (χ0v) is 10.0. The molecule has 0 amide bonds. The zero-order valence-electron chi connectivity index (χ0n) is 6.51. The average molecular weight is 233 g/mol. The lowest BCUT2D eigenvalue weighted by Gasteiger charge is -2.23. The highest BCUT2D eigenvalue weighted by Crippen LogP contribution is 2.61. The van der Waals surface area contributed by atoms with E-state index in [4.69, 9.17) is 11.8 Å². The van der Waals surface area contributed by atoms with E-state index >= 15 is 0 Å². The molecule has 3 nitrogen and oxygen atoms in total. The topological polar surface area (TPSA) is 46.5 Å². The molecule has 0 bridgehead atoms. The van der Waals surface area contributed by atoms with Crippen LogP contribution in [0.4, 0.5) is 0 Å². The highest BCUT2D eigenvalue weighted by molar-refractivity contribution is 8.40. The Balaban J connectivity index is 4.49. The molecule has 0 fully saturated rings. The predicted octanol–water partition coefficient (Wildman–Crippen LogP) is 2.69. The maximum atomic E-state index is 10.5. The predicted molar refractivity (Wildman–Crippen MR) is 53.9 cm³/mol. The third kappa shape index (κ3) is 3.97. The Morgan fingerprint density at radius 1 is 1.64 bits per heavy atom. The van der Waals surface area contributed by atoms with Crippen molar-refractivity contribution in [2.75, 3.05) is 0 Å². The number of hydrogen-bond donors (Lipinski definition) is 2. The van der Waals surface area contributed by atoms with Gasteiger partial charge < -0.3 is 4.89 Å². The molecule has 0 aromatic rings. The molecule has 66 valence electrons. The lowest BCUT2D eigenvalue weighted by atomic mass is 10.3. The van der Waals surface area contributed by atoms with Crippen molar-refractivity contribution in [3.63, 3.8) is 0 Å². The normalized spacial score (nSPS) is 19.2. The van der Waals surface area contributed by atoms with Crippen LogP contribution in [-0.2, 0) is 20.7 Å². The quantitative estimate of drug-likeness (QED) is 0.568. The van der Waals surface area contributed by atoms with Crippen molar-refractivity contribution in [1.29, 1.82) is 0 Å². The molecule has 2 atom stereocenters. The number of hydrogen-bond acceptors (Lipinski definition) is 3. The second-order valence-corrected chi connectivity index (χ2v) is 8.99. The van der Waals surface area contributed by atoms with Crippen molar-refractivity contribution in [1.82, 2.24) is 0 Å². The third-order valence-corrected chi connectivity index (χ3v) is 7.07. The third-order valence-electron chi connectivity index (χ3n) is 1.03. The molecule has 0 aromatic heterocycles. The second kappa shape index (κ2) is 3.82. The summed E-state index contributed by atoms with van der Waals surface area (Å²) in [6, 6.07) is 0. The summed E-state index contributed by atoms with van der Waals surface area (Å²) in [6.45, 7) is 2.25. The summed E-state index contributed by atoms with van der Waals surface area (Å²) in [5, 5.41) is -0.546. The van der Waals surface area contributed by atoms with Gasteiger partial charge in [0.1, 0.15) is 12.2 Å². The van der Waals surface area contributed by atoms with Crippen LogP contribution in [0.2, 0.25) is 0 Å². The van der Waals surface area contributed by atoms with E-state index in [1.165, 1.54) is 0 Å². The highest BCUT2D eigenvalue weighted by atomic mass is 32.7. The SMILES string of the molecule is CC(C)(C)P(O)(=S)O[P+](=O)S. The maximum Gasteiger partial charge on any atom is 0.588 e. The lowest BCUT2D eigenvalue weighted by molar-refractivity contribution is 0.451. The molecule has 0 aliphatic rings. The van der Waals surface area contributed by atoms with Crippen LogP contribution in [0, 0.1) is 0 Å². The first-order valence-corrected chi connectivity index (χ1v) is 7.86. The van der Waals surface area contributed by atoms with Crippen molar-refractivity contribution < 1.29 is 13.8 Å². The molecule has 0 saturated carbocycles. The van der Waals surface area contributed by atoms with Crippen LogP contribution < -0.4 is 0 Å². The van der Waals surface area contributed by atoms with Crippen LogP contribution in [0.15, 0.2) is 0 Å². The van der Waals surface area contributed by atoms with Crippen LogP contribution in [0.3, 0.4) is 0 Å². The van der Waals surface area contributed by atoms with E-state index in [0.717, 1.165) is 0 Å². The minimum atomic E-state index is -2.96. The van der Waals surface area contributed by atoms with Gasteiger partial charge in [0.25, 0.3) is 0 Å². The van der Waals surface area contributed by atoms with Gasteiger partial charge in [0, 0.05) is 5.16 Å². The van der Waals surface area contributed by atoms with Crippen molar-refractivity contribution in [2.45, 2.75) is 25.9 Å². The van der Waals surface area contributed by atoms with E-state index in [-0.39, 0.29) is 0 Å². The van der Waals surface area contributed by atoms with Gasteiger partial charge in [-0.1, -0.05) is 25.1 Å². The van der Waals surface area contributed by atoms with Crippen LogP contribution in [-0.4, -0.2) is 10.0 Å². The van der Waals surface area contributed by atoms with Gasteiger partial charge in [-0.15, -0.1) is 0 Å². The van der Waals surface area contributed by atoms with E-state index in [1.54, 1.807) is 20.8 Å². The van der Waals surface area contributed by atoms with Gasteiger partial charge in [0.05, 0.1) is 0 Å². The summed E-state index contributed by atoms with van der Waals surface area (Å²) < 4.78 is 15.2. The lowest BCUT2D eigenvalue weighted by Crippen LogP contribution is -2.14. The Morgan fingerprint density at radius 2 is 2.00 bits per heavy atom. The molecule has 0 heterocycles. The van der Waals surface area contributed by atoms with Crippen LogP contribution in [0.1, 0.15) is 20.8 Å². The summed E-state index contributed by atoms with van der Waals surface area (Å²) in [6.07, 6.45) is 0. The minimum absolute atomic E-state index is 0.546. The summed E-state index contributed by atoms with van der Waals surface area (Å²) in [4.78, 5) is 9.49. The summed E-state index contributed by atoms with van der Waals surface area (Å²) in [5.41, 5.74) is 0. The Bertz CT molecular complexity index is 210. The molecule has 1 N–H and O–H groups in total. The standard InChI is InChI=1S/C4H10O3P2S2/c1-4(2,3)9(6,11)7-8(5)10/h1-3H3,(H-,5,6,10,11)/p+1. The van der Waals surface area contributed by atoms with Crippen molar-refractivity contribution >= 4 is 37.8 Å². The van der Waals surface area contributed by atoms with Gasteiger partial charge >= 0.3 is 7.23 Å². The van der Waals surface area contributed by atoms with Crippen LogP contribution in [0.5, 0.6) is 0 Å². The van der Waals surface area contributed by atoms with Crippen LogP contribution >= 0.6 is 26.0 Å². The van der Waals surface area contributed by atoms with E-state index in [1.807, 2.05) is 0 Å². The van der Waals surface area contributed by atoms with Crippen molar-refractivity contribution in [2.24, 2.45) is 0 Å². The molecule has 2 unspecified atom stereocenters. The van der Waals surface area contributed by atoms with Gasteiger partial charge in [-0.3, -0.25) is 0 Å².